The van der Waals surface area contributed by atoms with Gasteiger partial charge in [-0.05, 0) is 42.7 Å². The normalized spacial score (nSPS) is 14.1. The average Bonchev–Trinajstić information content (AvgIpc) is 3.41. The lowest BCUT2D eigenvalue weighted by Gasteiger charge is -2.07. The Balaban J connectivity index is 1.55. The molecule has 1 aliphatic carbocycles. The fourth-order valence-electron chi connectivity index (χ4n) is 2.75. The summed E-state index contributed by atoms with van der Waals surface area (Å²) in [7, 11) is 0. The topological polar surface area (TPSA) is 69.8 Å². The molecule has 1 saturated carbocycles. The van der Waals surface area contributed by atoms with E-state index in [1.807, 2.05) is 0 Å². The lowest BCUT2D eigenvalue weighted by Crippen LogP contribution is -2.29. The van der Waals surface area contributed by atoms with Crippen LogP contribution in [0.4, 0.5) is 14.5 Å². The van der Waals surface area contributed by atoms with Gasteiger partial charge in [-0.1, -0.05) is 18.2 Å². The van der Waals surface area contributed by atoms with E-state index >= 15 is 0 Å². The highest BCUT2D eigenvalue weighted by Gasteiger charge is 2.21. The van der Waals surface area contributed by atoms with Crippen LogP contribution in [0.15, 0.2) is 36.4 Å². The first kappa shape index (κ1) is 17.4. The summed E-state index contributed by atoms with van der Waals surface area (Å²) in [6.45, 7) is 0.158. The van der Waals surface area contributed by atoms with E-state index in [0.717, 1.165) is 18.4 Å². The minimum absolute atomic E-state index is 0.114. The number of benzene rings is 2. The maximum atomic E-state index is 14.3. The van der Waals surface area contributed by atoms with Gasteiger partial charge in [-0.2, -0.15) is 5.10 Å². The number of anilines is 1. The van der Waals surface area contributed by atoms with Crippen LogP contribution >= 0.6 is 0 Å². The Kier molecular flexibility index (Phi) is 4.68. The molecule has 5 nitrogen and oxygen atoms in total. The molecule has 1 fully saturated rings. The van der Waals surface area contributed by atoms with Crippen LogP contribution < -0.4 is 10.6 Å². The molecule has 3 aromatic rings. The lowest BCUT2D eigenvalue weighted by molar-refractivity contribution is -0.115. The van der Waals surface area contributed by atoms with Gasteiger partial charge in [-0.3, -0.25) is 9.89 Å². The second kappa shape index (κ2) is 7.28. The Labute approximate surface area is 154 Å². The van der Waals surface area contributed by atoms with Crippen LogP contribution in [0.25, 0.3) is 23.1 Å². The molecule has 1 aromatic heterocycles. The molecule has 0 spiro atoms. The van der Waals surface area contributed by atoms with E-state index in [1.54, 1.807) is 30.4 Å². The van der Waals surface area contributed by atoms with Gasteiger partial charge in [0.05, 0.1) is 23.4 Å². The zero-order valence-electron chi connectivity index (χ0n) is 14.4. The molecule has 2 aromatic carbocycles. The molecule has 4 rings (SSSR count). The second-order valence-corrected chi connectivity index (χ2v) is 6.57. The number of halogens is 2. The zero-order valence-corrected chi connectivity index (χ0v) is 14.4. The summed E-state index contributed by atoms with van der Waals surface area (Å²) in [6, 6.07) is 9.33. The van der Waals surface area contributed by atoms with Crippen LogP contribution in [-0.4, -0.2) is 28.7 Å². The molecule has 0 radical (unpaired) electrons. The number of carbonyl (C=O) groups is 1. The van der Waals surface area contributed by atoms with Gasteiger partial charge in [0.2, 0.25) is 5.91 Å². The van der Waals surface area contributed by atoms with E-state index in [-0.39, 0.29) is 24.0 Å². The lowest BCUT2D eigenvalue weighted by atomic mass is 10.1. The number of aromatic amines is 1. The first-order chi connectivity index (χ1) is 13.1. The third-order valence-electron chi connectivity index (χ3n) is 4.39. The Morgan fingerprint density at radius 2 is 1.96 bits per heavy atom. The summed E-state index contributed by atoms with van der Waals surface area (Å²) >= 11 is 0. The summed E-state index contributed by atoms with van der Waals surface area (Å²) in [5, 5.41) is 13.3. The number of fused-ring (bicyclic) bond motifs is 1. The standard InChI is InChI=1S/C20H18F2N4O/c21-13-4-1-12(2-5-13)3-8-17-15-9-19(16(22)10-18(15)26-25-17)24-20(27)11-23-14-6-7-14/h1-5,8-10,14,23H,6-7,11H2,(H,24,27)(H,25,26)/b8-3+. The molecular formula is C20H18F2N4O. The largest absolute Gasteiger partial charge is 0.322 e. The Bertz CT molecular complexity index is 1010. The van der Waals surface area contributed by atoms with Gasteiger partial charge in [-0.15, -0.1) is 0 Å². The van der Waals surface area contributed by atoms with Crippen LogP contribution in [-0.2, 0) is 4.79 Å². The quantitative estimate of drug-likeness (QED) is 0.621. The van der Waals surface area contributed by atoms with Crippen molar-refractivity contribution in [3.05, 3.63) is 59.3 Å². The first-order valence-corrected chi connectivity index (χ1v) is 8.73. The minimum atomic E-state index is -0.528. The van der Waals surface area contributed by atoms with E-state index in [9.17, 15) is 13.6 Å². The molecule has 0 aliphatic heterocycles. The maximum absolute atomic E-state index is 14.3. The van der Waals surface area contributed by atoms with Crippen molar-refractivity contribution in [1.29, 1.82) is 0 Å². The smallest absolute Gasteiger partial charge is 0.238 e. The van der Waals surface area contributed by atoms with E-state index < -0.39 is 5.82 Å². The fraction of sp³-hybridized carbons (Fsp3) is 0.200. The molecule has 1 amide bonds. The van der Waals surface area contributed by atoms with E-state index in [2.05, 4.69) is 20.8 Å². The number of hydrogen-bond acceptors (Lipinski definition) is 3. The second-order valence-electron chi connectivity index (χ2n) is 6.57. The molecule has 27 heavy (non-hydrogen) atoms. The highest BCUT2D eigenvalue weighted by molar-refractivity contribution is 5.97. The monoisotopic (exact) mass is 368 g/mol. The molecule has 0 unspecified atom stereocenters. The first-order valence-electron chi connectivity index (χ1n) is 8.73. The van der Waals surface area contributed by atoms with Crippen LogP contribution in [0.1, 0.15) is 24.1 Å². The molecule has 0 atom stereocenters. The molecule has 7 heteroatoms. The molecule has 138 valence electrons. The van der Waals surface area contributed by atoms with Gasteiger partial charge in [-0.25, -0.2) is 8.78 Å². The van der Waals surface area contributed by atoms with Gasteiger partial charge in [0.25, 0.3) is 0 Å². The minimum Gasteiger partial charge on any atom is -0.322 e. The molecule has 0 saturated heterocycles. The van der Waals surface area contributed by atoms with Crippen molar-refractivity contribution in [2.24, 2.45) is 0 Å². The zero-order chi connectivity index (χ0) is 18.8. The van der Waals surface area contributed by atoms with Crippen LogP contribution in [0.3, 0.4) is 0 Å². The third kappa shape index (κ3) is 4.20. The van der Waals surface area contributed by atoms with E-state index in [0.29, 0.717) is 22.6 Å². The molecule has 1 aliphatic rings. The van der Waals surface area contributed by atoms with E-state index in [4.69, 9.17) is 0 Å². The number of carbonyl (C=O) groups excluding carboxylic acids is 1. The highest BCUT2D eigenvalue weighted by atomic mass is 19.1. The van der Waals surface area contributed by atoms with Crippen molar-refractivity contribution >= 4 is 34.6 Å². The number of H-pyrrole nitrogens is 1. The van der Waals surface area contributed by atoms with Gasteiger partial charge in [0.15, 0.2) is 0 Å². The van der Waals surface area contributed by atoms with Gasteiger partial charge < -0.3 is 10.6 Å². The number of aromatic nitrogens is 2. The maximum Gasteiger partial charge on any atom is 0.238 e. The van der Waals surface area contributed by atoms with Crippen molar-refractivity contribution in [1.82, 2.24) is 15.5 Å². The molecule has 0 bridgehead atoms. The predicted molar refractivity (Wildman–Crippen MR) is 101 cm³/mol. The number of rotatable bonds is 6. The Hall–Kier alpha value is -3.06. The number of hydrogen-bond donors (Lipinski definition) is 3. The Morgan fingerprint density at radius 3 is 2.70 bits per heavy atom. The number of nitrogens with one attached hydrogen (secondary N) is 3. The van der Waals surface area contributed by atoms with Crippen LogP contribution in [0.2, 0.25) is 0 Å². The van der Waals surface area contributed by atoms with Crippen molar-refractivity contribution in [3.63, 3.8) is 0 Å². The molecule has 3 N–H and O–H groups in total. The van der Waals surface area contributed by atoms with Crippen molar-refractivity contribution < 1.29 is 13.6 Å². The summed E-state index contributed by atoms with van der Waals surface area (Å²) in [5.41, 5.74) is 2.05. The third-order valence-corrected chi connectivity index (χ3v) is 4.39. The van der Waals surface area contributed by atoms with Crippen molar-refractivity contribution in [3.8, 4) is 0 Å². The van der Waals surface area contributed by atoms with Crippen LogP contribution in [0, 0.1) is 11.6 Å². The number of amides is 1. The molecular weight excluding hydrogens is 350 g/mol. The Morgan fingerprint density at radius 1 is 1.19 bits per heavy atom. The van der Waals surface area contributed by atoms with Gasteiger partial charge in [0.1, 0.15) is 11.6 Å². The average molecular weight is 368 g/mol. The summed E-state index contributed by atoms with van der Waals surface area (Å²) in [4.78, 5) is 12.0. The molecule has 1 heterocycles. The van der Waals surface area contributed by atoms with Gasteiger partial charge >= 0.3 is 0 Å². The highest BCUT2D eigenvalue weighted by Crippen LogP contribution is 2.25. The predicted octanol–water partition coefficient (Wildman–Crippen LogP) is 3.70. The van der Waals surface area contributed by atoms with Crippen molar-refractivity contribution in [2.45, 2.75) is 18.9 Å². The SMILES string of the molecule is O=C(CNC1CC1)Nc1cc2c(/C=C/c3ccc(F)cc3)n[nH]c2cc1F. The fourth-order valence-corrected chi connectivity index (χ4v) is 2.75. The summed E-state index contributed by atoms with van der Waals surface area (Å²) < 4.78 is 27.2. The van der Waals surface area contributed by atoms with E-state index in [1.165, 1.54) is 18.2 Å². The summed E-state index contributed by atoms with van der Waals surface area (Å²) in [5.74, 6) is -1.11. The number of nitrogens with zero attached hydrogens (tertiary/aromatic N) is 1. The van der Waals surface area contributed by atoms with Crippen LogP contribution in [0.5, 0.6) is 0 Å². The summed E-state index contributed by atoms with van der Waals surface area (Å²) in [6.07, 6.45) is 5.69. The van der Waals surface area contributed by atoms with Gasteiger partial charge in [0, 0.05) is 17.5 Å². The van der Waals surface area contributed by atoms with Crippen molar-refractivity contribution in [2.75, 3.05) is 11.9 Å².